The predicted molar refractivity (Wildman–Crippen MR) is 119 cm³/mol. The number of rotatable bonds is 7. The van der Waals surface area contributed by atoms with Crippen molar-refractivity contribution in [3.63, 3.8) is 0 Å². The van der Waals surface area contributed by atoms with Gasteiger partial charge in [-0.15, -0.1) is 0 Å². The minimum Gasteiger partial charge on any atom is -0.335 e. The molecule has 2 rings (SSSR count). The van der Waals surface area contributed by atoms with Gasteiger partial charge >= 0.3 is 6.03 Å². The Bertz CT molecular complexity index is 876. The molecule has 2 aromatic rings. The highest BCUT2D eigenvalue weighted by Crippen LogP contribution is 2.19. The summed E-state index contributed by atoms with van der Waals surface area (Å²) >= 11 is 0. The van der Waals surface area contributed by atoms with Gasteiger partial charge in [0.2, 0.25) is 11.8 Å². The van der Waals surface area contributed by atoms with Gasteiger partial charge in [0.15, 0.2) is 0 Å². The molecule has 3 N–H and O–H groups in total. The molecule has 0 spiro atoms. The highest BCUT2D eigenvalue weighted by Gasteiger charge is 2.28. The minimum absolute atomic E-state index is 0.113. The van der Waals surface area contributed by atoms with Crippen molar-refractivity contribution in [2.75, 3.05) is 24.2 Å². The van der Waals surface area contributed by atoms with Crippen molar-refractivity contribution >= 4 is 29.2 Å². The SMILES string of the molecule is Cc1cccc(C)c1NC(=O)CN(C)C(=O)C(NC(=O)Nc1ccccc1)C(C)C. The molecule has 4 amide bonds. The summed E-state index contributed by atoms with van der Waals surface area (Å²) in [5.74, 6) is -0.771. The first-order chi connectivity index (χ1) is 14.2. The molecule has 0 heterocycles. The van der Waals surface area contributed by atoms with Crippen LogP contribution in [-0.2, 0) is 9.59 Å². The quantitative estimate of drug-likeness (QED) is 0.652. The Morgan fingerprint density at radius 3 is 2.07 bits per heavy atom. The maximum Gasteiger partial charge on any atom is 0.319 e. The monoisotopic (exact) mass is 410 g/mol. The predicted octanol–water partition coefficient (Wildman–Crippen LogP) is 3.55. The van der Waals surface area contributed by atoms with E-state index < -0.39 is 12.1 Å². The molecule has 0 fully saturated rings. The van der Waals surface area contributed by atoms with E-state index in [0.717, 1.165) is 16.8 Å². The standard InChI is InChI=1S/C23H30N4O3/c1-15(2)20(26-23(30)24-18-12-7-6-8-13-18)22(29)27(5)14-19(28)25-21-16(3)10-9-11-17(21)4/h6-13,15,20H,14H2,1-5H3,(H,25,28)(H2,24,26,30). The fourth-order valence-corrected chi connectivity index (χ4v) is 3.06. The second-order valence-corrected chi connectivity index (χ2v) is 7.70. The number of carbonyl (C=O) groups is 3. The summed E-state index contributed by atoms with van der Waals surface area (Å²) in [6.07, 6.45) is 0. The van der Waals surface area contributed by atoms with Crippen LogP contribution in [0.4, 0.5) is 16.2 Å². The summed E-state index contributed by atoms with van der Waals surface area (Å²) in [6, 6.07) is 13.5. The van der Waals surface area contributed by atoms with Gasteiger partial charge in [-0.2, -0.15) is 0 Å². The fraction of sp³-hybridized carbons (Fsp3) is 0.348. The van der Waals surface area contributed by atoms with E-state index in [2.05, 4.69) is 16.0 Å². The smallest absolute Gasteiger partial charge is 0.319 e. The van der Waals surface area contributed by atoms with Crippen LogP contribution in [-0.4, -0.2) is 42.4 Å². The normalized spacial score (nSPS) is 11.5. The summed E-state index contributed by atoms with van der Waals surface area (Å²) in [6.45, 7) is 7.41. The molecule has 2 aromatic carbocycles. The first kappa shape index (κ1) is 22.9. The third kappa shape index (κ3) is 6.34. The topological polar surface area (TPSA) is 90.5 Å². The Morgan fingerprint density at radius 2 is 1.50 bits per heavy atom. The molecule has 7 heteroatoms. The highest BCUT2D eigenvalue weighted by atomic mass is 16.2. The Morgan fingerprint density at radius 1 is 0.900 bits per heavy atom. The van der Waals surface area contributed by atoms with Gasteiger partial charge in [-0.1, -0.05) is 50.2 Å². The number of benzene rings is 2. The van der Waals surface area contributed by atoms with Crippen molar-refractivity contribution in [1.82, 2.24) is 10.2 Å². The molecule has 0 aliphatic carbocycles. The van der Waals surface area contributed by atoms with Crippen LogP contribution in [0.25, 0.3) is 0 Å². The zero-order valence-electron chi connectivity index (χ0n) is 18.2. The molecule has 0 saturated carbocycles. The van der Waals surface area contributed by atoms with Crippen molar-refractivity contribution in [2.45, 2.75) is 33.7 Å². The number of aryl methyl sites for hydroxylation is 2. The van der Waals surface area contributed by atoms with E-state index in [0.29, 0.717) is 5.69 Å². The van der Waals surface area contributed by atoms with Crippen LogP contribution in [0, 0.1) is 19.8 Å². The lowest BCUT2D eigenvalue weighted by Crippen LogP contribution is -2.52. The van der Waals surface area contributed by atoms with Crippen LogP contribution >= 0.6 is 0 Å². The summed E-state index contributed by atoms with van der Waals surface area (Å²) < 4.78 is 0. The maximum absolute atomic E-state index is 12.9. The van der Waals surface area contributed by atoms with E-state index in [1.54, 1.807) is 19.2 Å². The molecular weight excluding hydrogens is 380 g/mol. The number of nitrogens with one attached hydrogen (secondary N) is 3. The van der Waals surface area contributed by atoms with Crippen LogP contribution in [0.15, 0.2) is 48.5 Å². The Hall–Kier alpha value is -3.35. The van der Waals surface area contributed by atoms with Gasteiger partial charge in [0.1, 0.15) is 6.04 Å². The molecule has 0 aromatic heterocycles. The molecule has 1 unspecified atom stereocenters. The van der Waals surface area contributed by atoms with Gasteiger partial charge in [0.25, 0.3) is 0 Å². The molecular formula is C23H30N4O3. The van der Waals surface area contributed by atoms with Crippen LogP contribution in [0.5, 0.6) is 0 Å². The van der Waals surface area contributed by atoms with E-state index in [-0.39, 0.29) is 24.3 Å². The first-order valence-electron chi connectivity index (χ1n) is 9.92. The molecule has 0 aliphatic heterocycles. The Balaban J connectivity index is 1.98. The van der Waals surface area contributed by atoms with E-state index in [9.17, 15) is 14.4 Å². The lowest BCUT2D eigenvalue weighted by molar-refractivity contribution is -0.135. The van der Waals surface area contributed by atoms with E-state index in [4.69, 9.17) is 0 Å². The average molecular weight is 411 g/mol. The van der Waals surface area contributed by atoms with Gasteiger partial charge in [-0.05, 0) is 43.0 Å². The molecule has 7 nitrogen and oxygen atoms in total. The van der Waals surface area contributed by atoms with Crippen molar-refractivity contribution in [2.24, 2.45) is 5.92 Å². The average Bonchev–Trinajstić information content (AvgIpc) is 2.69. The molecule has 0 aliphatic rings. The lowest BCUT2D eigenvalue weighted by Gasteiger charge is -2.27. The summed E-state index contributed by atoms with van der Waals surface area (Å²) in [7, 11) is 1.55. The third-order valence-corrected chi connectivity index (χ3v) is 4.75. The van der Waals surface area contributed by atoms with Gasteiger partial charge in [0, 0.05) is 18.4 Å². The van der Waals surface area contributed by atoms with Crippen LogP contribution in [0.1, 0.15) is 25.0 Å². The zero-order chi connectivity index (χ0) is 22.3. The zero-order valence-corrected chi connectivity index (χ0v) is 18.2. The number of likely N-dealkylation sites (N-methyl/N-ethyl adjacent to an activating group) is 1. The number of nitrogens with zero attached hydrogens (tertiary/aromatic N) is 1. The summed E-state index contributed by atoms with van der Waals surface area (Å²) in [5.41, 5.74) is 3.30. The van der Waals surface area contributed by atoms with Crippen molar-refractivity contribution in [3.8, 4) is 0 Å². The number of anilines is 2. The number of para-hydroxylation sites is 2. The molecule has 0 saturated heterocycles. The van der Waals surface area contributed by atoms with Gasteiger partial charge in [-0.25, -0.2) is 4.79 Å². The van der Waals surface area contributed by atoms with Crippen molar-refractivity contribution in [1.29, 1.82) is 0 Å². The third-order valence-electron chi connectivity index (χ3n) is 4.75. The van der Waals surface area contributed by atoms with Gasteiger partial charge < -0.3 is 20.9 Å². The van der Waals surface area contributed by atoms with Gasteiger partial charge in [0.05, 0.1) is 6.54 Å². The van der Waals surface area contributed by atoms with Crippen LogP contribution in [0.2, 0.25) is 0 Å². The lowest BCUT2D eigenvalue weighted by atomic mass is 10.0. The van der Waals surface area contributed by atoms with Crippen molar-refractivity contribution in [3.05, 3.63) is 59.7 Å². The number of urea groups is 1. The van der Waals surface area contributed by atoms with Crippen LogP contribution in [0.3, 0.4) is 0 Å². The number of hydrogen-bond acceptors (Lipinski definition) is 3. The highest BCUT2D eigenvalue weighted by molar-refractivity contribution is 5.98. The molecule has 0 radical (unpaired) electrons. The summed E-state index contributed by atoms with van der Waals surface area (Å²) in [5, 5.41) is 8.29. The summed E-state index contributed by atoms with van der Waals surface area (Å²) in [4.78, 5) is 39.0. The maximum atomic E-state index is 12.9. The van der Waals surface area contributed by atoms with Gasteiger partial charge in [-0.3, -0.25) is 9.59 Å². The fourth-order valence-electron chi connectivity index (χ4n) is 3.06. The number of amides is 4. The largest absolute Gasteiger partial charge is 0.335 e. The van der Waals surface area contributed by atoms with Crippen LogP contribution < -0.4 is 16.0 Å². The first-order valence-corrected chi connectivity index (χ1v) is 9.92. The van der Waals surface area contributed by atoms with E-state index >= 15 is 0 Å². The molecule has 1 atom stereocenters. The Kier molecular flexibility index (Phi) is 7.98. The number of hydrogen-bond donors (Lipinski definition) is 3. The molecule has 0 bridgehead atoms. The molecule has 30 heavy (non-hydrogen) atoms. The Labute approximate surface area is 177 Å². The van der Waals surface area contributed by atoms with E-state index in [1.165, 1.54) is 4.90 Å². The van der Waals surface area contributed by atoms with E-state index in [1.807, 2.05) is 64.1 Å². The number of carbonyl (C=O) groups excluding carboxylic acids is 3. The van der Waals surface area contributed by atoms with Crippen molar-refractivity contribution < 1.29 is 14.4 Å². The second-order valence-electron chi connectivity index (χ2n) is 7.70. The second kappa shape index (κ2) is 10.4. The molecule has 160 valence electrons. The minimum atomic E-state index is -0.758.